The lowest BCUT2D eigenvalue weighted by molar-refractivity contribution is 0.463. The molecule has 0 heterocycles. The minimum absolute atomic E-state index is 0. The maximum atomic E-state index is 4.50. The van der Waals surface area contributed by atoms with E-state index in [2.05, 4.69) is 16.2 Å². The molecule has 0 aliphatic rings. The summed E-state index contributed by atoms with van der Waals surface area (Å²) in [6, 6.07) is 0. The number of halogens is 1. The monoisotopic (exact) mass is 92.0 g/mol. The second-order valence-electron chi connectivity index (χ2n) is 0.154. The van der Waals surface area contributed by atoms with E-state index in [9.17, 15) is 0 Å². The van der Waals surface area contributed by atoms with Gasteiger partial charge < -0.3 is 0 Å². The van der Waals surface area contributed by atoms with Crippen LogP contribution in [-0.2, 0) is 4.29 Å². The van der Waals surface area contributed by atoms with Crippen molar-refractivity contribution in [2.24, 2.45) is 0 Å². The molecular formula is CH5ClMgO. The van der Waals surface area contributed by atoms with Crippen molar-refractivity contribution in [3.63, 3.8) is 0 Å². The lowest BCUT2D eigenvalue weighted by atomic mass is 11.8. The van der Waals surface area contributed by atoms with Crippen molar-refractivity contribution in [1.29, 1.82) is 0 Å². The standard InChI is InChI=1S/CH3ClO.Mg.2H/c1-3-2;;;/h1H3;;;. The molecule has 3 heteroatoms. The van der Waals surface area contributed by atoms with Gasteiger partial charge >= 0.3 is 23.1 Å². The van der Waals surface area contributed by atoms with Crippen LogP contribution in [0.1, 0.15) is 0 Å². The quantitative estimate of drug-likeness (QED) is 0.379. The first-order valence-corrected chi connectivity index (χ1v) is 0.871. The minimum Gasteiger partial charge on any atom is -0.283 e. The van der Waals surface area contributed by atoms with Gasteiger partial charge in [0.25, 0.3) is 0 Å². The predicted octanol–water partition coefficient (Wildman–Crippen LogP) is -0.130. The van der Waals surface area contributed by atoms with E-state index >= 15 is 0 Å². The van der Waals surface area contributed by atoms with E-state index in [-0.39, 0.29) is 23.1 Å². The van der Waals surface area contributed by atoms with E-state index < -0.39 is 0 Å². The Kier molecular flexibility index (Phi) is 20.0. The van der Waals surface area contributed by atoms with Gasteiger partial charge in [-0.1, -0.05) is 0 Å². The summed E-state index contributed by atoms with van der Waals surface area (Å²) in [4.78, 5) is 0. The summed E-state index contributed by atoms with van der Waals surface area (Å²) in [6.07, 6.45) is 0. The Hall–Kier alpha value is 1.02. The van der Waals surface area contributed by atoms with Crippen LogP contribution >= 0.6 is 11.9 Å². The number of hydrogen-bond acceptors (Lipinski definition) is 1. The average molecular weight is 92.8 g/mol. The fraction of sp³-hybridized carbons (Fsp3) is 1.00. The number of rotatable bonds is 0. The highest BCUT2D eigenvalue weighted by Crippen LogP contribution is 1.59. The fourth-order valence-electron chi connectivity index (χ4n) is 0. The van der Waals surface area contributed by atoms with Gasteiger partial charge in [0.1, 0.15) is 0 Å². The SMILES string of the molecule is COCl.[MgH2]. The van der Waals surface area contributed by atoms with Crippen molar-refractivity contribution in [2.75, 3.05) is 7.11 Å². The molecule has 0 aliphatic heterocycles. The van der Waals surface area contributed by atoms with Crippen LogP contribution in [0, 0.1) is 0 Å². The van der Waals surface area contributed by atoms with Crippen LogP contribution in [0.2, 0.25) is 0 Å². The van der Waals surface area contributed by atoms with Crippen molar-refractivity contribution in [3.05, 3.63) is 0 Å². The fourth-order valence-corrected chi connectivity index (χ4v) is 0. The first-order chi connectivity index (χ1) is 1.41. The zero-order chi connectivity index (χ0) is 2.71. The highest BCUT2D eigenvalue weighted by molar-refractivity contribution is 6.07. The molecule has 4 heavy (non-hydrogen) atoms. The van der Waals surface area contributed by atoms with Gasteiger partial charge in [0.2, 0.25) is 0 Å². The third-order valence-electron chi connectivity index (χ3n) is 0. The molecule has 0 aromatic heterocycles. The minimum atomic E-state index is 0. The van der Waals surface area contributed by atoms with Crippen LogP contribution in [0.5, 0.6) is 0 Å². The highest BCUT2D eigenvalue weighted by Gasteiger charge is 1.31. The molecule has 0 amide bonds. The Morgan fingerprint density at radius 3 is 1.75 bits per heavy atom. The Bertz CT molecular complexity index is 8.00. The van der Waals surface area contributed by atoms with Crippen LogP contribution < -0.4 is 0 Å². The van der Waals surface area contributed by atoms with E-state index in [0.29, 0.717) is 0 Å². The largest absolute Gasteiger partial charge is 0.316 e. The van der Waals surface area contributed by atoms with Gasteiger partial charge in [0.15, 0.2) is 0 Å². The second kappa shape index (κ2) is 8.99. The first kappa shape index (κ1) is 8.89. The van der Waals surface area contributed by atoms with Gasteiger partial charge in [-0.3, -0.25) is 4.29 Å². The van der Waals surface area contributed by atoms with Crippen molar-refractivity contribution >= 4 is 34.9 Å². The summed E-state index contributed by atoms with van der Waals surface area (Å²) < 4.78 is 3.72. The summed E-state index contributed by atoms with van der Waals surface area (Å²) >= 11 is 4.50. The third-order valence-corrected chi connectivity index (χ3v) is 0. The van der Waals surface area contributed by atoms with Gasteiger partial charge in [0, 0.05) is 0 Å². The Labute approximate surface area is 46.6 Å². The molecule has 0 unspecified atom stereocenters. The molecule has 0 N–H and O–H groups in total. The summed E-state index contributed by atoms with van der Waals surface area (Å²) in [5.41, 5.74) is 0. The topological polar surface area (TPSA) is 9.23 Å². The third kappa shape index (κ3) is 11.9. The molecular weight excluding hydrogens is 87.8 g/mol. The molecule has 0 saturated heterocycles. The summed E-state index contributed by atoms with van der Waals surface area (Å²) in [5.74, 6) is 0. The Morgan fingerprint density at radius 1 is 1.75 bits per heavy atom. The highest BCUT2D eigenvalue weighted by atomic mass is 35.5. The average Bonchev–Trinajstić information content (AvgIpc) is 0.918. The van der Waals surface area contributed by atoms with Gasteiger partial charge in [-0.15, -0.1) is 0 Å². The van der Waals surface area contributed by atoms with E-state index in [1.54, 1.807) is 0 Å². The van der Waals surface area contributed by atoms with Crippen LogP contribution in [0.15, 0.2) is 0 Å². The normalized spacial score (nSPS) is 4.50. The molecule has 0 fully saturated rings. The second-order valence-corrected chi connectivity index (χ2v) is 0.463. The molecule has 0 rings (SSSR count). The first-order valence-electron chi connectivity index (χ1n) is 0.563. The molecule has 0 saturated carbocycles. The summed E-state index contributed by atoms with van der Waals surface area (Å²) in [7, 11) is 1.39. The smallest absolute Gasteiger partial charge is 0.283 e. The van der Waals surface area contributed by atoms with E-state index in [4.69, 9.17) is 0 Å². The van der Waals surface area contributed by atoms with Gasteiger partial charge in [-0.05, 0) is 0 Å². The summed E-state index contributed by atoms with van der Waals surface area (Å²) in [5, 5.41) is 0. The molecule has 0 aromatic carbocycles. The van der Waals surface area contributed by atoms with Crippen molar-refractivity contribution < 1.29 is 4.29 Å². The lowest BCUT2D eigenvalue weighted by Crippen LogP contribution is -1.39. The van der Waals surface area contributed by atoms with E-state index in [0.717, 1.165) is 0 Å². The van der Waals surface area contributed by atoms with Crippen LogP contribution in [0.25, 0.3) is 0 Å². The van der Waals surface area contributed by atoms with E-state index in [1.807, 2.05) is 0 Å². The Balaban J connectivity index is 0. The van der Waals surface area contributed by atoms with E-state index in [1.165, 1.54) is 7.11 Å². The van der Waals surface area contributed by atoms with Gasteiger partial charge in [-0.2, -0.15) is 0 Å². The van der Waals surface area contributed by atoms with Crippen molar-refractivity contribution in [3.8, 4) is 0 Å². The van der Waals surface area contributed by atoms with Gasteiger partial charge in [-0.25, -0.2) is 0 Å². The predicted molar refractivity (Wildman–Crippen MR) is 21.4 cm³/mol. The van der Waals surface area contributed by atoms with Crippen LogP contribution in [-0.4, -0.2) is 30.2 Å². The molecule has 24 valence electrons. The lowest BCUT2D eigenvalue weighted by Gasteiger charge is -1.54. The van der Waals surface area contributed by atoms with Crippen LogP contribution in [0.4, 0.5) is 0 Å². The zero-order valence-electron chi connectivity index (χ0n) is 1.79. The molecule has 1 nitrogen and oxygen atoms in total. The molecule has 0 spiro atoms. The van der Waals surface area contributed by atoms with Crippen molar-refractivity contribution in [2.45, 2.75) is 0 Å². The van der Waals surface area contributed by atoms with Gasteiger partial charge in [0.05, 0.1) is 19.0 Å². The maximum Gasteiger partial charge on any atom is 0.316 e. The molecule has 0 aliphatic carbocycles. The molecule has 0 aromatic rings. The molecule has 0 bridgehead atoms. The Morgan fingerprint density at radius 2 is 1.75 bits per heavy atom. The molecule has 0 atom stereocenters. The number of hydrogen-bond donors (Lipinski definition) is 0. The summed E-state index contributed by atoms with van der Waals surface area (Å²) in [6.45, 7) is 0. The van der Waals surface area contributed by atoms with Crippen LogP contribution in [0.3, 0.4) is 0 Å². The van der Waals surface area contributed by atoms with Crippen molar-refractivity contribution in [1.82, 2.24) is 0 Å². The molecule has 0 radical (unpaired) electrons. The zero-order valence-corrected chi connectivity index (χ0v) is 2.54. The maximum absolute atomic E-state index is 4.50.